The van der Waals surface area contributed by atoms with E-state index in [9.17, 15) is 19.8 Å². The van der Waals surface area contributed by atoms with Crippen LogP contribution < -0.4 is 11.4 Å². The molecular weight excluding hydrogens is 408 g/mol. The monoisotopic (exact) mass is 430 g/mol. The fourth-order valence-corrected chi connectivity index (χ4v) is 3.72. The highest BCUT2D eigenvalue weighted by Gasteiger charge is 2.20. The van der Waals surface area contributed by atoms with E-state index in [4.69, 9.17) is 5.73 Å². The largest absolute Gasteiger partial charge is 0.507 e. The molecule has 2 aromatic carbocycles. The van der Waals surface area contributed by atoms with Crippen molar-refractivity contribution in [3.8, 4) is 5.75 Å². The number of aromatic amines is 1. The Kier molecular flexibility index (Phi) is 6.31. The number of para-hydroxylation sites is 2. The van der Waals surface area contributed by atoms with E-state index in [-0.39, 0.29) is 29.4 Å². The van der Waals surface area contributed by atoms with E-state index >= 15 is 0 Å². The molecule has 30 heavy (non-hydrogen) atoms. The van der Waals surface area contributed by atoms with Crippen LogP contribution in [0.15, 0.2) is 53.3 Å². The van der Waals surface area contributed by atoms with Crippen molar-refractivity contribution in [2.75, 3.05) is 19.6 Å². The van der Waals surface area contributed by atoms with Gasteiger partial charge in [-0.2, -0.15) is 0 Å². The summed E-state index contributed by atoms with van der Waals surface area (Å²) in [4.78, 5) is 28.7. The Labute approximate surface area is 178 Å². The van der Waals surface area contributed by atoms with Crippen LogP contribution in [0.1, 0.15) is 28.4 Å². The molecule has 1 unspecified atom stereocenters. The molecule has 0 radical (unpaired) electrons. The number of fused-ring (bicyclic) bond motifs is 1. The van der Waals surface area contributed by atoms with Crippen molar-refractivity contribution in [1.82, 2.24) is 14.5 Å². The molecule has 0 saturated carbocycles. The number of aliphatic hydroxyl groups excluding tert-OH is 1. The number of aliphatic hydroxyl groups is 1. The van der Waals surface area contributed by atoms with Crippen molar-refractivity contribution in [3.63, 3.8) is 0 Å². The van der Waals surface area contributed by atoms with Gasteiger partial charge in [-0.1, -0.05) is 24.3 Å². The van der Waals surface area contributed by atoms with E-state index < -0.39 is 12.0 Å². The summed E-state index contributed by atoms with van der Waals surface area (Å²) in [5.74, 6) is -0.950. The van der Waals surface area contributed by atoms with Crippen LogP contribution in [0.3, 0.4) is 0 Å². The van der Waals surface area contributed by atoms with Gasteiger partial charge in [0.1, 0.15) is 5.75 Å². The Morgan fingerprint density at radius 2 is 2.00 bits per heavy atom. The maximum absolute atomic E-state index is 12.4. The molecule has 9 heteroatoms. The molecule has 5 N–H and O–H groups in total. The van der Waals surface area contributed by atoms with Gasteiger partial charge in [0, 0.05) is 31.8 Å². The summed E-state index contributed by atoms with van der Waals surface area (Å²) in [5, 5.41) is 20.2. The van der Waals surface area contributed by atoms with Crippen molar-refractivity contribution < 1.29 is 15.0 Å². The van der Waals surface area contributed by atoms with Crippen molar-refractivity contribution in [1.29, 1.82) is 0 Å². The zero-order valence-electron chi connectivity index (χ0n) is 16.1. The number of nitrogens with zero attached hydrogens (tertiary/aromatic N) is 2. The first-order valence-corrected chi connectivity index (χ1v) is 9.36. The van der Waals surface area contributed by atoms with Gasteiger partial charge < -0.3 is 20.9 Å². The number of H-pyrrole nitrogens is 1. The van der Waals surface area contributed by atoms with Gasteiger partial charge in [-0.3, -0.25) is 14.3 Å². The first-order valence-electron chi connectivity index (χ1n) is 9.36. The fourth-order valence-electron chi connectivity index (χ4n) is 3.72. The summed E-state index contributed by atoms with van der Waals surface area (Å²) < 4.78 is 1.70. The quantitative estimate of drug-likeness (QED) is 0.491. The van der Waals surface area contributed by atoms with Crippen LogP contribution in [0.25, 0.3) is 16.7 Å². The van der Waals surface area contributed by atoms with Crippen molar-refractivity contribution in [3.05, 3.63) is 70.2 Å². The van der Waals surface area contributed by atoms with Gasteiger partial charge in [-0.15, -0.1) is 12.4 Å². The number of β-amino-alcohol motifs (C(OH)–C–C–N with tert-alkyl or cyclic N) is 1. The highest BCUT2D eigenvalue weighted by molar-refractivity contribution is 5.95. The lowest BCUT2D eigenvalue weighted by atomic mass is 10.0. The van der Waals surface area contributed by atoms with Crippen molar-refractivity contribution in [2.24, 2.45) is 5.73 Å². The van der Waals surface area contributed by atoms with Crippen LogP contribution in [0.2, 0.25) is 0 Å². The van der Waals surface area contributed by atoms with Gasteiger partial charge in [0.25, 0.3) is 5.91 Å². The third kappa shape index (κ3) is 4.11. The molecule has 3 aromatic rings. The summed E-state index contributed by atoms with van der Waals surface area (Å²) in [6.07, 6.45) is 1.82. The van der Waals surface area contributed by atoms with E-state index in [0.29, 0.717) is 31.6 Å². The number of primary amides is 1. The second kappa shape index (κ2) is 8.74. The van der Waals surface area contributed by atoms with Gasteiger partial charge in [0.15, 0.2) is 0 Å². The number of halogens is 1. The number of benzene rings is 2. The number of carbonyl (C=O) groups excluding carboxylic acids is 1. The molecule has 158 valence electrons. The molecule has 4 rings (SSSR count). The normalized spacial score (nSPS) is 15.4. The number of nitrogens with two attached hydrogens (primary N) is 1. The lowest BCUT2D eigenvalue weighted by Crippen LogP contribution is -2.34. The van der Waals surface area contributed by atoms with Crippen LogP contribution in [0, 0.1) is 0 Å². The number of aromatic hydroxyl groups is 1. The van der Waals surface area contributed by atoms with Crippen LogP contribution in [-0.4, -0.2) is 50.2 Å². The van der Waals surface area contributed by atoms with Crippen LogP contribution in [0.5, 0.6) is 5.75 Å². The standard InChI is InChI=1S/C21H22N4O4.ClH/c22-20(28)15-11-13(5-6-18(15)26)19(27)12-24-9-7-14(8-10-24)25-17-4-2-1-3-16(17)23-21(25)29;/h1-7,11,19,26-27H,8-10,12H2,(H2,22,28)(H,23,29);1H. The van der Waals surface area contributed by atoms with E-state index in [0.717, 1.165) is 16.7 Å². The molecule has 0 aliphatic carbocycles. The molecule has 2 heterocycles. The van der Waals surface area contributed by atoms with E-state index in [1.54, 1.807) is 10.6 Å². The molecule has 1 atom stereocenters. The summed E-state index contributed by atoms with van der Waals surface area (Å²) in [6.45, 7) is 1.62. The number of imidazole rings is 1. The molecule has 1 aliphatic heterocycles. The third-order valence-electron chi connectivity index (χ3n) is 5.25. The molecule has 0 fully saturated rings. The lowest BCUT2D eigenvalue weighted by molar-refractivity contribution is 0.0996. The molecule has 0 spiro atoms. The van der Waals surface area contributed by atoms with Crippen molar-refractivity contribution >= 4 is 35.0 Å². The highest BCUT2D eigenvalue weighted by atomic mass is 35.5. The Morgan fingerprint density at radius 1 is 1.23 bits per heavy atom. The van der Waals surface area contributed by atoms with Gasteiger partial charge in [-0.25, -0.2) is 4.79 Å². The van der Waals surface area contributed by atoms with Crippen molar-refractivity contribution in [2.45, 2.75) is 12.5 Å². The summed E-state index contributed by atoms with van der Waals surface area (Å²) >= 11 is 0. The predicted octanol–water partition coefficient (Wildman–Crippen LogP) is 1.84. The predicted molar refractivity (Wildman–Crippen MR) is 117 cm³/mol. The average Bonchev–Trinajstić information content (AvgIpc) is 3.04. The van der Waals surface area contributed by atoms with E-state index in [1.807, 2.05) is 30.3 Å². The minimum absolute atomic E-state index is 0. The number of amides is 1. The molecule has 1 amide bonds. The number of phenols is 1. The summed E-state index contributed by atoms with van der Waals surface area (Å²) in [5.41, 5.74) is 8.17. The fraction of sp³-hybridized carbons (Fsp3) is 0.238. The number of nitrogens with one attached hydrogen (secondary N) is 1. The lowest BCUT2D eigenvalue weighted by Gasteiger charge is -2.28. The highest BCUT2D eigenvalue weighted by Crippen LogP contribution is 2.25. The molecule has 8 nitrogen and oxygen atoms in total. The minimum atomic E-state index is -0.834. The summed E-state index contributed by atoms with van der Waals surface area (Å²) in [7, 11) is 0. The second-order valence-electron chi connectivity index (χ2n) is 7.14. The van der Waals surface area contributed by atoms with Gasteiger partial charge >= 0.3 is 5.69 Å². The number of hydrogen-bond acceptors (Lipinski definition) is 5. The maximum atomic E-state index is 12.4. The first-order chi connectivity index (χ1) is 13.9. The summed E-state index contributed by atoms with van der Waals surface area (Å²) in [6, 6.07) is 11.9. The SMILES string of the molecule is Cl.NC(=O)c1cc(C(O)CN2CC=C(n3c(=O)[nH]c4ccccc43)CC2)ccc1O. The van der Waals surface area contributed by atoms with Crippen LogP contribution in [-0.2, 0) is 0 Å². The average molecular weight is 431 g/mol. The Bertz CT molecular complexity index is 1170. The molecular formula is C21H23ClN4O4. The number of carbonyl (C=O) groups is 1. The Balaban J connectivity index is 0.00000256. The molecule has 0 saturated heterocycles. The van der Waals surface area contributed by atoms with E-state index in [2.05, 4.69) is 9.88 Å². The smallest absolute Gasteiger partial charge is 0.330 e. The van der Waals surface area contributed by atoms with Crippen LogP contribution in [0.4, 0.5) is 0 Å². The molecule has 1 aromatic heterocycles. The Hall–Kier alpha value is -3.07. The molecule has 1 aliphatic rings. The number of rotatable bonds is 5. The first kappa shape index (κ1) is 21.6. The topological polar surface area (TPSA) is 125 Å². The second-order valence-corrected chi connectivity index (χ2v) is 7.14. The maximum Gasteiger partial charge on any atom is 0.330 e. The zero-order chi connectivity index (χ0) is 20.5. The van der Waals surface area contributed by atoms with Gasteiger partial charge in [0.05, 0.1) is 22.7 Å². The number of aromatic nitrogens is 2. The molecule has 0 bridgehead atoms. The minimum Gasteiger partial charge on any atom is -0.507 e. The van der Waals surface area contributed by atoms with E-state index in [1.165, 1.54) is 12.1 Å². The zero-order valence-corrected chi connectivity index (χ0v) is 16.9. The van der Waals surface area contributed by atoms with Crippen LogP contribution >= 0.6 is 12.4 Å². The third-order valence-corrected chi connectivity index (χ3v) is 5.25. The van der Waals surface area contributed by atoms with Gasteiger partial charge in [-0.05, 0) is 29.8 Å². The van der Waals surface area contributed by atoms with Gasteiger partial charge in [0.2, 0.25) is 0 Å². The Morgan fingerprint density at radius 3 is 2.70 bits per heavy atom. The number of hydrogen-bond donors (Lipinski definition) is 4.